The zero-order valence-corrected chi connectivity index (χ0v) is 18.7. The minimum Gasteiger partial charge on any atom is -0.388 e. The Morgan fingerprint density at radius 1 is 1.06 bits per heavy atom. The Hall–Kier alpha value is -3.98. The normalized spacial score (nSPS) is 14.2. The van der Waals surface area contributed by atoms with Gasteiger partial charge in [-0.25, -0.2) is 4.98 Å². The molecule has 0 unspecified atom stereocenters. The summed E-state index contributed by atoms with van der Waals surface area (Å²) in [5.41, 5.74) is 8.63. The first-order chi connectivity index (χ1) is 16.2. The lowest BCUT2D eigenvalue weighted by Crippen LogP contribution is -2.37. The Morgan fingerprint density at radius 2 is 1.91 bits per heavy atom. The van der Waals surface area contributed by atoms with Crippen molar-refractivity contribution in [3.05, 3.63) is 66.0 Å². The highest BCUT2D eigenvalue weighted by atomic mass is 16.5. The summed E-state index contributed by atoms with van der Waals surface area (Å²) in [7, 11) is 1.90. The van der Waals surface area contributed by atoms with Crippen molar-refractivity contribution in [1.82, 2.24) is 19.5 Å². The first kappa shape index (κ1) is 20.9. The summed E-state index contributed by atoms with van der Waals surface area (Å²) in [6.07, 6.45) is 3.55. The molecule has 0 aliphatic carbocycles. The third-order valence-electron chi connectivity index (χ3n) is 5.52. The molecule has 3 heterocycles. The predicted molar refractivity (Wildman–Crippen MR) is 132 cm³/mol. The van der Waals surface area contributed by atoms with E-state index >= 15 is 0 Å². The van der Waals surface area contributed by atoms with E-state index < -0.39 is 0 Å². The van der Waals surface area contributed by atoms with Crippen molar-refractivity contribution in [1.29, 1.82) is 0 Å². The van der Waals surface area contributed by atoms with Gasteiger partial charge in [0.25, 0.3) is 0 Å². The monoisotopic (exact) mass is 442 g/mol. The highest BCUT2D eigenvalue weighted by Gasteiger charge is 2.19. The number of hydrogen-bond acceptors (Lipinski definition) is 8. The summed E-state index contributed by atoms with van der Waals surface area (Å²) in [4.78, 5) is 16.4. The fourth-order valence-electron chi connectivity index (χ4n) is 3.79. The van der Waals surface area contributed by atoms with Gasteiger partial charge in [0.1, 0.15) is 6.33 Å². The number of benzene rings is 2. The molecule has 33 heavy (non-hydrogen) atoms. The fourth-order valence-corrected chi connectivity index (χ4v) is 3.79. The Labute approximate surface area is 192 Å². The summed E-state index contributed by atoms with van der Waals surface area (Å²) < 4.78 is 7.47. The second kappa shape index (κ2) is 9.25. The van der Waals surface area contributed by atoms with E-state index in [1.165, 1.54) is 5.56 Å². The third kappa shape index (κ3) is 4.49. The number of fused-ring (bicyclic) bond motifs is 1. The smallest absolute Gasteiger partial charge is 0.229 e. The van der Waals surface area contributed by atoms with Crippen LogP contribution in [0.25, 0.3) is 16.9 Å². The van der Waals surface area contributed by atoms with Crippen molar-refractivity contribution in [2.24, 2.45) is 5.10 Å². The molecule has 2 N–H and O–H groups in total. The molecule has 2 aromatic carbocycles. The molecule has 0 amide bonds. The average molecular weight is 443 g/mol. The Balaban J connectivity index is 1.55. The van der Waals surface area contributed by atoms with E-state index in [4.69, 9.17) is 14.7 Å². The Kier molecular flexibility index (Phi) is 5.86. The average Bonchev–Trinajstić information content (AvgIpc) is 3.29. The van der Waals surface area contributed by atoms with Crippen LogP contribution in [0.2, 0.25) is 0 Å². The molecule has 1 aliphatic rings. The number of anilines is 3. The van der Waals surface area contributed by atoms with E-state index in [-0.39, 0.29) is 0 Å². The fraction of sp³-hybridized carbons (Fsp3) is 0.250. The number of imidazole rings is 1. The number of rotatable bonds is 6. The maximum absolute atomic E-state index is 5.51. The van der Waals surface area contributed by atoms with E-state index in [1.54, 1.807) is 12.5 Å². The molecule has 5 rings (SSSR count). The SMILES string of the molecule is CNc1cccc(-n2cnc3c(NN=Cc4cccc(C)c4)nc(N4CCOCC4)nc32)c1. The van der Waals surface area contributed by atoms with E-state index in [1.807, 2.05) is 41.9 Å². The Morgan fingerprint density at radius 3 is 2.73 bits per heavy atom. The molecule has 0 spiro atoms. The topological polar surface area (TPSA) is 92.5 Å². The molecule has 1 saturated heterocycles. The van der Waals surface area contributed by atoms with Gasteiger partial charge in [0, 0.05) is 25.8 Å². The zero-order valence-electron chi connectivity index (χ0n) is 18.7. The lowest BCUT2D eigenvalue weighted by atomic mass is 10.2. The van der Waals surface area contributed by atoms with Gasteiger partial charge in [0.15, 0.2) is 17.0 Å². The molecule has 9 nitrogen and oxygen atoms in total. The van der Waals surface area contributed by atoms with Crippen molar-refractivity contribution in [3.8, 4) is 5.69 Å². The van der Waals surface area contributed by atoms with Crippen molar-refractivity contribution in [3.63, 3.8) is 0 Å². The molecule has 168 valence electrons. The van der Waals surface area contributed by atoms with Crippen LogP contribution in [0.5, 0.6) is 0 Å². The molecule has 9 heteroatoms. The van der Waals surface area contributed by atoms with Gasteiger partial charge in [0.05, 0.1) is 25.1 Å². The van der Waals surface area contributed by atoms with E-state index in [0.717, 1.165) is 30.0 Å². The molecule has 1 fully saturated rings. The van der Waals surface area contributed by atoms with E-state index in [9.17, 15) is 0 Å². The minimum absolute atomic E-state index is 0.564. The summed E-state index contributed by atoms with van der Waals surface area (Å²) in [5, 5.41) is 7.61. The molecule has 2 aromatic heterocycles. The maximum atomic E-state index is 5.51. The van der Waals surface area contributed by atoms with Crippen LogP contribution in [-0.4, -0.2) is 59.1 Å². The second-order valence-electron chi connectivity index (χ2n) is 7.84. The van der Waals surface area contributed by atoms with Crippen LogP contribution in [0.4, 0.5) is 17.5 Å². The van der Waals surface area contributed by atoms with Gasteiger partial charge < -0.3 is 15.0 Å². The molecular weight excluding hydrogens is 416 g/mol. The van der Waals surface area contributed by atoms with Crippen molar-refractivity contribution in [2.45, 2.75) is 6.92 Å². The third-order valence-corrected chi connectivity index (χ3v) is 5.52. The van der Waals surface area contributed by atoms with Crippen LogP contribution in [0.3, 0.4) is 0 Å². The summed E-state index contributed by atoms with van der Waals surface area (Å²) >= 11 is 0. The molecule has 0 atom stereocenters. The lowest BCUT2D eigenvalue weighted by Gasteiger charge is -2.27. The first-order valence-electron chi connectivity index (χ1n) is 10.9. The van der Waals surface area contributed by atoms with Gasteiger partial charge in [0.2, 0.25) is 5.95 Å². The number of aromatic nitrogens is 4. The number of hydrazone groups is 1. The van der Waals surface area contributed by atoms with Crippen LogP contribution in [0.15, 0.2) is 60.0 Å². The van der Waals surface area contributed by atoms with Gasteiger partial charge in [-0.2, -0.15) is 15.1 Å². The van der Waals surface area contributed by atoms with Gasteiger partial charge in [-0.05, 0) is 30.7 Å². The maximum Gasteiger partial charge on any atom is 0.229 e. The largest absolute Gasteiger partial charge is 0.388 e. The quantitative estimate of drug-likeness (QED) is 0.349. The standard InChI is InChI=1S/C24H26N8O/c1-17-5-3-6-18(13-17)15-27-30-22-21-23(29-24(28-22)31-9-11-33-12-10-31)32(16-26-21)20-8-4-7-19(14-20)25-2/h3-8,13-16,25H,9-12H2,1-2H3,(H,28,29,30). The van der Waals surface area contributed by atoms with Crippen molar-refractivity contribution in [2.75, 3.05) is 49.0 Å². The van der Waals surface area contributed by atoms with E-state index in [2.05, 4.69) is 50.9 Å². The van der Waals surface area contributed by atoms with Gasteiger partial charge in [-0.1, -0.05) is 35.9 Å². The van der Waals surface area contributed by atoms with Gasteiger partial charge >= 0.3 is 0 Å². The van der Waals surface area contributed by atoms with Crippen LogP contribution in [-0.2, 0) is 4.74 Å². The van der Waals surface area contributed by atoms with Gasteiger partial charge in [-0.3, -0.25) is 9.99 Å². The molecule has 0 radical (unpaired) electrons. The van der Waals surface area contributed by atoms with E-state index in [0.29, 0.717) is 36.1 Å². The number of morpholine rings is 1. The summed E-state index contributed by atoms with van der Waals surface area (Å²) in [5.74, 6) is 1.19. The molecule has 4 aromatic rings. The predicted octanol–water partition coefficient (Wildman–Crippen LogP) is 3.45. The highest BCUT2D eigenvalue weighted by molar-refractivity contribution is 5.87. The number of aryl methyl sites for hydroxylation is 1. The number of ether oxygens (including phenoxy) is 1. The molecule has 1 aliphatic heterocycles. The highest BCUT2D eigenvalue weighted by Crippen LogP contribution is 2.26. The second-order valence-corrected chi connectivity index (χ2v) is 7.84. The summed E-state index contributed by atoms with van der Waals surface area (Å²) in [6.45, 7) is 4.84. The molecule has 0 saturated carbocycles. The summed E-state index contributed by atoms with van der Waals surface area (Å²) in [6, 6.07) is 16.3. The van der Waals surface area contributed by atoms with Crippen molar-refractivity contribution < 1.29 is 4.74 Å². The molecule has 0 bridgehead atoms. The number of nitrogens with one attached hydrogen (secondary N) is 2. The lowest BCUT2D eigenvalue weighted by molar-refractivity contribution is 0.122. The Bertz CT molecular complexity index is 1290. The molecular formula is C24H26N8O. The van der Waals surface area contributed by atoms with Crippen LogP contribution in [0.1, 0.15) is 11.1 Å². The van der Waals surface area contributed by atoms with Crippen molar-refractivity contribution >= 4 is 34.8 Å². The zero-order chi connectivity index (χ0) is 22.6. The number of hydrogen-bond donors (Lipinski definition) is 2. The first-order valence-corrected chi connectivity index (χ1v) is 10.9. The minimum atomic E-state index is 0.564. The number of nitrogens with zero attached hydrogens (tertiary/aromatic N) is 6. The van der Waals surface area contributed by atoms with Crippen LogP contribution >= 0.6 is 0 Å². The van der Waals surface area contributed by atoms with Gasteiger partial charge in [-0.15, -0.1) is 0 Å². The van der Waals surface area contributed by atoms with Crippen LogP contribution < -0.4 is 15.6 Å². The van der Waals surface area contributed by atoms with Crippen LogP contribution in [0, 0.1) is 6.92 Å².